The molecule has 18 heavy (non-hydrogen) atoms. The molecule has 0 atom stereocenters. The van der Waals surface area contributed by atoms with Gasteiger partial charge in [-0.1, -0.05) is 11.6 Å². The van der Waals surface area contributed by atoms with Gasteiger partial charge in [0.15, 0.2) is 0 Å². The molecule has 0 fully saturated rings. The maximum Gasteiger partial charge on any atom is 0.254 e. The smallest absolute Gasteiger partial charge is 0.254 e. The summed E-state index contributed by atoms with van der Waals surface area (Å²) in [5.41, 5.74) is 4.12. The number of hydrogen-bond donors (Lipinski definition) is 2. The molecule has 1 rings (SSSR count). The summed E-state index contributed by atoms with van der Waals surface area (Å²) in [6.07, 6.45) is 0.868. The highest BCUT2D eigenvalue weighted by atomic mass is 35.5. The number of rotatable bonds is 4. The number of carbonyl (C=O) groups excluding carboxylic acids is 2. The molecule has 3 N–H and O–H groups in total. The molecule has 2 amide bonds. The van der Waals surface area contributed by atoms with E-state index < -0.39 is 23.2 Å². The van der Waals surface area contributed by atoms with Crippen molar-refractivity contribution in [3.8, 4) is 0 Å². The molecule has 7 heteroatoms. The van der Waals surface area contributed by atoms with E-state index in [-0.39, 0.29) is 17.1 Å². The Hall–Kier alpha value is -1.69. The minimum atomic E-state index is -0.849. The van der Waals surface area contributed by atoms with Crippen LogP contribution in [0.4, 0.5) is 4.39 Å². The average Bonchev–Trinajstić information content (AvgIpc) is 2.18. The first kappa shape index (κ1) is 14.4. The van der Waals surface area contributed by atoms with E-state index in [4.69, 9.17) is 17.3 Å². The number of primary amides is 1. The predicted molar refractivity (Wildman–Crippen MR) is 64.6 cm³/mol. The second kappa shape index (κ2) is 5.30. The van der Waals surface area contributed by atoms with Crippen LogP contribution in [0.15, 0.2) is 12.3 Å². The van der Waals surface area contributed by atoms with Gasteiger partial charge in [-0.3, -0.25) is 9.59 Å². The van der Waals surface area contributed by atoms with E-state index in [9.17, 15) is 14.0 Å². The van der Waals surface area contributed by atoms with Crippen molar-refractivity contribution in [3.63, 3.8) is 0 Å². The van der Waals surface area contributed by atoms with Crippen LogP contribution in [0.25, 0.3) is 0 Å². The van der Waals surface area contributed by atoms with Crippen molar-refractivity contribution in [1.82, 2.24) is 10.3 Å². The van der Waals surface area contributed by atoms with Crippen LogP contribution >= 0.6 is 11.6 Å². The number of amides is 2. The van der Waals surface area contributed by atoms with E-state index in [2.05, 4.69) is 10.3 Å². The third-order valence-corrected chi connectivity index (χ3v) is 2.42. The largest absolute Gasteiger partial charge is 0.370 e. The summed E-state index contributed by atoms with van der Waals surface area (Å²) >= 11 is 5.70. The molecule has 0 spiro atoms. The third kappa shape index (κ3) is 3.96. The Labute approximate surface area is 109 Å². The van der Waals surface area contributed by atoms with Crippen LogP contribution in [0.5, 0.6) is 0 Å². The topological polar surface area (TPSA) is 85.1 Å². The number of halogens is 2. The molecule has 5 nitrogen and oxygen atoms in total. The third-order valence-electron chi connectivity index (χ3n) is 2.12. The van der Waals surface area contributed by atoms with E-state index in [1.807, 2.05) is 0 Å². The molecule has 0 aliphatic rings. The molecule has 0 aliphatic carbocycles. The molecule has 0 aliphatic heterocycles. The summed E-state index contributed by atoms with van der Waals surface area (Å²) in [7, 11) is 0. The highest BCUT2D eigenvalue weighted by molar-refractivity contribution is 6.32. The molecule has 0 saturated carbocycles. The average molecular weight is 274 g/mol. The molecule has 0 saturated heterocycles. The van der Waals surface area contributed by atoms with Crippen LogP contribution in [0.1, 0.15) is 30.6 Å². The van der Waals surface area contributed by atoms with Crippen LogP contribution in [-0.4, -0.2) is 22.3 Å². The highest BCUT2D eigenvalue weighted by Gasteiger charge is 2.25. The lowest BCUT2D eigenvalue weighted by Crippen LogP contribution is -2.46. The fourth-order valence-corrected chi connectivity index (χ4v) is 1.63. The first-order valence-corrected chi connectivity index (χ1v) is 5.51. The molecule has 1 aromatic heterocycles. The number of nitrogens with one attached hydrogen (secondary N) is 1. The number of nitrogens with zero attached hydrogens (tertiary/aromatic N) is 1. The molecular weight excluding hydrogens is 261 g/mol. The summed E-state index contributed by atoms with van der Waals surface area (Å²) in [6.45, 7) is 3.24. The number of pyridine rings is 1. The number of hydrogen-bond acceptors (Lipinski definition) is 3. The fourth-order valence-electron chi connectivity index (χ4n) is 1.44. The van der Waals surface area contributed by atoms with Gasteiger partial charge >= 0.3 is 0 Å². The predicted octanol–water partition coefficient (Wildman–Crippen LogP) is 1.26. The van der Waals surface area contributed by atoms with Gasteiger partial charge < -0.3 is 11.1 Å². The molecular formula is C11H13ClFN3O2. The molecule has 0 bridgehead atoms. The SMILES string of the molecule is CC(C)(CC(N)=O)NC(=O)c1cc(F)cnc1Cl. The van der Waals surface area contributed by atoms with Gasteiger partial charge in [-0.2, -0.15) is 0 Å². The molecule has 0 aromatic carbocycles. The molecule has 1 heterocycles. The summed E-state index contributed by atoms with van der Waals surface area (Å²) in [4.78, 5) is 26.2. The molecule has 98 valence electrons. The van der Waals surface area contributed by atoms with Crippen molar-refractivity contribution < 1.29 is 14.0 Å². The van der Waals surface area contributed by atoms with Crippen LogP contribution in [0.3, 0.4) is 0 Å². The van der Waals surface area contributed by atoms with Crippen molar-refractivity contribution in [2.75, 3.05) is 0 Å². The van der Waals surface area contributed by atoms with Crippen molar-refractivity contribution in [2.45, 2.75) is 25.8 Å². The van der Waals surface area contributed by atoms with Crippen molar-refractivity contribution in [3.05, 3.63) is 28.8 Å². The summed E-state index contributed by atoms with van der Waals surface area (Å²) < 4.78 is 13.0. The van der Waals surface area contributed by atoms with Gasteiger partial charge in [-0.05, 0) is 19.9 Å². The lowest BCUT2D eigenvalue weighted by Gasteiger charge is -2.24. The lowest BCUT2D eigenvalue weighted by molar-refractivity contribution is -0.119. The van der Waals surface area contributed by atoms with Gasteiger partial charge in [0, 0.05) is 12.0 Å². The zero-order valence-electron chi connectivity index (χ0n) is 9.96. The zero-order chi connectivity index (χ0) is 13.9. The Morgan fingerprint density at radius 2 is 2.17 bits per heavy atom. The van der Waals surface area contributed by atoms with E-state index in [1.165, 1.54) is 0 Å². The molecule has 1 aromatic rings. The zero-order valence-corrected chi connectivity index (χ0v) is 10.7. The number of aromatic nitrogens is 1. The maximum absolute atomic E-state index is 13.0. The van der Waals surface area contributed by atoms with Crippen LogP contribution in [-0.2, 0) is 4.79 Å². The first-order chi connectivity index (χ1) is 8.21. The summed E-state index contributed by atoms with van der Waals surface area (Å²) in [5.74, 6) is -1.83. The van der Waals surface area contributed by atoms with Gasteiger partial charge in [0.25, 0.3) is 5.91 Å². The van der Waals surface area contributed by atoms with Gasteiger partial charge in [0.05, 0.1) is 11.8 Å². The van der Waals surface area contributed by atoms with E-state index in [0.717, 1.165) is 12.3 Å². The van der Waals surface area contributed by atoms with Crippen molar-refractivity contribution >= 4 is 23.4 Å². The van der Waals surface area contributed by atoms with Gasteiger partial charge in [0.2, 0.25) is 5.91 Å². The Morgan fingerprint density at radius 1 is 1.56 bits per heavy atom. The highest BCUT2D eigenvalue weighted by Crippen LogP contribution is 2.16. The van der Waals surface area contributed by atoms with Crippen LogP contribution < -0.4 is 11.1 Å². The maximum atomic E-state index is 13.0. The van der Waals surface area contributed by atoms with Gasteiger partial charge in [-0.15, -0.1) is 0 Å². The molecule has 0 radical (unpaired) electrons. The Bertz CT molecular complexity index is 491. The van der Waals surface area contributed by atoms with Gasteiger partial charge in [-0.25, -0.2) is 9.37 Å². The number of carbonyl (C=O) groups is 2. The standard InChI is InChI=1S/C11H13ClFN3O2/c1-11(2,4-8(14)17)16-10(18)7-3-6(13)5-15-9(7)12/h3,5H,4H2,1-2H3,(H2,14,17)(H,16,18). The number of nitrogens with two attached hydrogens (primary N) is 1. The van der Waals surface area contributed by atoms with Crippen molar-refractivity contribution in [1.29, 1.82) is 0 Å². The minimum absolute atomic E-state index is 0.0426. The van der Waals surface area contributed by atoms with Gasteiger partial charge in [0.1, 0.15) is 11.0 Å². The van der Waals surface area contributed by atoms with E-state index in [1.54, 1.807) is 13.8 Å². The second-order valence-electron chi connectivity index (χ2n) is 4.47. The fraction of sp³-hybridized carbons (Fsp3) is 0.364. The Kier molecular flexibility index (Phi) is 4.24. The normalized spacial score (nSPS) is 11.1. The molecule has 0 unspecified atom stereocenters. The van der Waals surface area contributed by atoms with Crippen LogP contribution in [0, 0.1) is 5.82 Å². The summed E-state index contributed by atoms with van der Waals surface area (Å²) in [6, 6.07) is 0.977. The second-order valence-corrected chi connectivity index (χ2v) is 4.83. The van der Waals surface area contributed by atoms with E-state index >= 15 is 0 Å². The van der Waals surface area contributed by atoms with Crippen molar-refractivity contribution in [2.24, 2.45) is 5.73 Å². The minimum Gasteiger partial charge on any atom is -0.370 e. The first-order valence-electron chi connectivity index (χ1n) is 5.13. The van der Waals surface area contributed by atoms with Crippen LogP contribution in [0.2, 0.25) is 5.15 Å². The monoisotopic (exact) mass is 273 g/mol. The Morgan fingerprint density at radius 3 is 2.72 bits per heavy atom. The van der Waals surface area contributed by atoms with E-state index in [0.29, 0.717) is 0 Å². The summed E-state index contributed by atoms with van der Waals surface area (Å²) in [5, 5.41) is 2.43. The Balaban J connectivity index is 2.88. The quantitative estimate of drug-likeness (QED) is 0.810. The lowest BCUT2D eigenvalue weighted by atomic mass is 10.00.